The first-order valence-corrected chi connectivity index (χ1v) is 8.22. The Balaban J connectivity index is 0.00000208. The van der Waals surface area contributed by atoms with Gasteiger partial charge >= 0.3 is 0 Å². The van der Waals surface area contributed by atoms with Crippen molar-refractivity contribution < 1.29 is 9.50 Å². The topological polar surface area (TPSA) is 37.5 Å². The predicted molar refractivity (Wildman–Crippen MR) is 102 cm³/mol. The number of thiazole rings is 1. The number of benzene rings is 2. The van der Waals surface area contributed by atoms with Crippen molar-refractivity contribution in [3.63, 3.8) is 0 Å². The first kappa shape index (κ1) is 18.6. The number of rotatable bonds is 4. The summed E-state index contributed by atoms with van der Waals surface area (Å²) in [5.41, 5.74) is 3.86. The highest BCUT2D eigenvalue weighted by molar-refractivity contribution is 8.93. The lowest BCUT2D eigenvalue weighted by atomic mass is 10.2. The predicted octanol–water partition coefficient (Wildman–Crippen LogP) is 4.47. The van der Waals surface area contributed by atoms with E-state index in [0.29, 0.717) is 6.54 Å². The molecule has 0 radical (unpaired) electrons. The second kappa shape index (κ2) is 8.37. The number of aliphatic hydroxyl groups excluding tert-OH is 1. The van der Waals surface area contributed by atoms with Gasteiger partial charge in [0, 0.05) is 11.9 Å². The summed E-state index contributed by atoms with van der Waals surface area (Å²) in [4.78, 5) is 5.49. The number of halogens is 2. The molecule has 1 aromatic heterocycles. The van der Waals surface area contributed by atoms with E-state index in [4.69, 9.17) is 0 Å². The molecule has 0 amide bonds. The molecule has 0 fully saturated rings. The van der Waals surface area contributed by atoms with Crippen LogP contribution in [0.25, 0.3) is 11.3 Å². The van der Waals surface area contributed by atoms with Crippen LogP contribution in [-0.4, -0.2) is 16.3 Å². The number of hydrogen-bond donors (Lipinski definition) is 1. The Morgan fingerprint density at radius 1 is 1.17 bits per heavy atom. The zero-order valence-corrected chi connectivity index (χ0v) is 15.7. The van der Waals surface area contributed by atoms with Crippen molar-refractivity contribution in [1.29, 1.82) is 0 Å². The van der Waals surface area contributed by atoms with E-state index in [2.05, 4.69) is 4.99 Å². The molecule has 3 aromatic rings. The lowest BCUT2D eigenvalue weighted by Gasteiger charge is -2.07. The molecular formula is C18H18BrFN2OS. The lowest BCUT2D eigenvalue weighted by Crippen LogP contribution is -2.17. The monoisotopic (exact) mass is 408 g/mol. The summed E-state index contributed by atoms with van der Waals surface area (Å²) < 4.78 is 15.1. The van der Waals surface area contributed by atoms with Gasteiger partial charge in [-0.15, -0.1) is 28.3 Å². The van der Waals surface area contributed by atoms with Crippen molar-refractivity contribution in [1.82, 2.24) is 4.57 Å². The van der Waals surface area contributed by atoms with Gasteiger partial charge in [0.2, 0.25) is 0 Å². The Morgan fingerprint density at radius 2 is 1.92 bits per heavy atom. The third kappa shape index (κ3) is 4.20. The molecule has 0 bridgehead atoms. The second-order valence-electron chi connectivity index (χ2n) is 5.24. The molecule has 3 rings (SSSR count). The van der Waals surface area contributed by atoms with Crippen LogP contribution in [-0.2, 0) is 6.54 Å². The van der Waals surface area contributed by atoms with E-state index in [-0.39, 0.29) is 29.4 Å². The van der Waals surface area contributed by atoms with Gasteiger partial charge in [0.25, 0.3) is 0 Å². The molecule has 0 unspecified atom stereocenters. The highest BCUT2D eigenvalue weighted by Crippen LogP contribution is 2.21. The molecule has 0 saturated heterocycles. The van der Waals surface area contributed by atoms with Crippen LogP contribution in [0.2, 0.25) is 0 Å². The first-order valence-electron chi connectivity index (χ1n) is 7.34. The van der Waals surface area contributed by atoms with Crippen molar-refractivity contribution in [2.24, 2.45) is 4.99 Å². The van der Waals surface area contributed by atoms with E-state index >= 15 is 0 Å². The van der Waals surface area contributed by atoms with Gasteiger partial charge < -0.3 is 9.67 Å². The maximum Gasteiger partial charge on any atom is 0.190 e. The summed E-state index contributed by atoms with van der Waals surface area (Å²) in [7, 11) is 0. The van der Waals surface area contributed by atoms with Gasteiger partial charge in [-0.05, 0) is 54.4 Å². The van der Waals surface area contributed by atoms with Gasteiger partial charge in [0.05, 0.1) is 18.0 Å². The molecule has 0 aliphatic carbocycles. The minimum Gasteiger partial charge on any atom is -0.395 e. The molecule has 2 aromatic carbocycles. The van der Waals surface area contributed by atoms with E-state index < -0.39 is 0 Å². The van der Waals surface area contributed by atoms with E-state index in [0.717, 1.165) is 27.3 Å². The zero-order chi connectivity index (χ0) is 16.2. The summed E-state index contributed by atoms with van der Waals surface area (Å²) >= 11 is 1.51. The molecule has 0 saturated carbocycles. The third-order valence-corrected chi connectivity index (χ3v) is 4.35. The fourth-order valence-corrected chi connectivity index (χ4v) is 3.35. The van der Waals surface area contributed by atoms with E-state index in [9.17, 15) is 9.50 Å². The Kier molecular flexibility index (Phi) is 6.48. The summed E-state index contributed by atoms with van der Waals surface area (Å²) in [5, 5.41) is 11.4. The molecule has 1 N–H and O–H groups in total. The van der Waals surface area contributed by atoms with E-state index in [1.54, 1.807) is 12.1 Å². The fraction of sp³-hybridized carbons (Fsp3) is 0.167. The maximum atomic E-state index is 13.1. The maximum absolute atomic E-state index is 13.1. The normalized spacial score (nSPS) is 11.4. The molecule has 24 heavy (non-hydrogen) atoms. The molecule has 0 atom stereocenters. The second-order valence-corrected chi connectivity index (χ2v) is 6.07. The summed E-state index contributed by atoms with van der Waals surface area (Å²) in [5.74, 6) is -0.262. The van der Waals surface area contributed by atoms with E-state index in [1.807, 2.05) is 41.1 Å². The van der Waals surface area contributed by atoms with Gasteiger partial charge in [0.15, 0.2) is 4.80 Å². The van der Waals surface area contributed by atoms with Gasteiger partial charge in [0.1, 0.15) is 5.82 Å². The van der Waals surface area contributed by atoms with Crippen molar-refractivity contribution >= 4 is 34.0 Å². The van der Waals surface area contributed by atoms with Crippen molar-refractivity contribution in [2.75, 3.05) is 6.61 Å². The summed E-state index contributed by atoms with van der Waals surface area (Å²) in [6.45, 7) is 2.49. The Morgan fingerprint density at radius 3 is 2.58 bits per heavy atom. The van der Waals surface area contributed by atoms with Crippen LogP contribution in [0, 0.1) is 12.7 Å². The van der Waals surface area contributed by atoms with Crippen LogP contribution in [0.15, 0.2) is 58.9 Å². The molecule has 6 heteroatoms. The van der Waals surface area contributed by atoms with Crippen LogP contribution < -0.4 is 4.80 Å². The minimum absolute atomic E-state index is 0. The van der Waals surface area contributed by atoms with Crippen molar-refractivity contribution in [2.45, 2.75) is 13.5 Å². The average molecular weight is 409 g/mol. The zero-order valence-electron chi connectivity index (χ0n) is 13.1. The molecule has 1 heterocycles. The highest BCUT2D eigenvalue weighted by atomic mass is 79.9. The molecule has 0 aliphatic heterocycles. The van der Waals surface area contributed by atoms with Gasteiger partial charge in [-0.25, -0.2) is 9.38 Å². The van der Waals surface area contributed by atoms with Crippen LogP contribution >= 0.6 is 28.3 Å². The minimum atomic E-state index is -0.262. The number of aryl methyl sites for hydroxylation is 1. The van der Waals surface area contributed by atoms with Gasteiger partial charge in [-0.2, -0.15) is 0 Å². The fourth-order valence-electron chi connectivity index (χ4n) is 2.39. The Hall–Kier alpha value is -1.76. The molecule has 0 aliphatic rings. The smallest absolute Gasteiger partial charge is 0.190 e. The van der Waals surface area contributed by atoms with Gasteiger partial charge in [-0.1, -0.05) is 12.1 Å². The number of hydrogen-bond acceptors (Lipinski definition) is 3. The first-order chi connectivity index (χ1) is 11.2. The third-order valence-electron chi connectivity index (χ3n) is 3.49. The molecule has 126 valence electrons. The standard InChI is InChI=1S/C18H17FN2OS.BrH/c1-13-3-2-4-16(11-13)20-18-21(9-10-22)17(12-23-18)14-5-7-15(19)8-6-14;/h2-8,11-12,22H,9-10H2,1H3;1H. The number of aromatic nitrogens is 1. The number of nitrogens with zero attached hydrogens (tertiary/aromatic N) is 2. The Labute approximate surface area is 154 Å². The summed E-state index contributed by atoms with van der Waals surface area (Å²) in [6.07, 6.45) is 0. The lowest BCUT2D eigenvalue weighted by molar-refractivity contribution is 0.275. The SMILES string of the molecule is Br.Cc1cccc(N=c2scc(-c3ccc(F)cc3)n2CCO)c1. The Bertz CT molecular complexity index is 871. The van der Waals surface area contributed by atoms with Crippen molar-refractivity contribution in [3.05, 3.63) is 70.1 Å². The average Bonchev–Trinajstić information content (AvgIpc) is 2.91. The van der Waals surface area contributed by atoms with Crippen LogP contribution in [0.5, 0.6) is 0 Å². The molecule has 0 spiro atoms. The van der Waals surface area contributed by atoms with Crippen LogP contribution in [0.4, 0.5) is 10.1 Å². The quantitative estimate of drug-likeness (QED) is 0.679. The van der Waals surface area contributed by atoms with Crippen LogP contribution in [0.3, 0.4) is 0 Å². The van der Waals surface area contributed by atoms with Gasteiger partial charge in [-0.3, -0.25) is 0 Å². The number of aliphatic hydroxyl groups is 1. The summed E-state index contributed by atoms with van der Waals surface area (Å²) in [6, 6.07) is 14.3. The molecule has 3 nitrogen and oxygen atoms in total. The van der Waals surface area contributed by atoms with Crippen molar-refractivity contribution in [3.8, 4) is 11.3 Å². The molecular weight excluding hydrogens is 391 g/mol. The highest BCUT2D eigenvalue weighted by Gasteiger charge is 2.08. The van der Waals surface area contributed by atoms with Crippen LogP contribution in [0.1, 0.15) is 5.56 Å². The van der Waals surface area contributed by atoms with E-state index in [1.165, 1.54) is 23.5 Å². The largest absolute Gasteiger partial charge is 0.395 e.